The minimum Gasteiger partial charge on any atom is -0.395 e. The Morgan fingerprint density at radius 1 is 0.757 bits per heavy atom. The van der Waals surface area contributed by atoms with Gasteiger partial charge in [0.25, 0.3) is 11.1 Å². The first-order chi connectivity index (χ1) is 17.8. The molecule has 11 nitrogen and oxygen atoms in total. The van der Waals surface area contributed by atoms with Gasteiger partial charge in [-0.2, -0.15) is 10.2 Å². The van der Waals surface area contributed by atoms with Crippen molar-refractivity contribution in [2.75, 3.05) is 47.9 Å². The van der Waals surface area contributed by atoms with Gasteiger partial charge < -0.3 is 14.9 Å². The molecule has 0 aliphatic carbocycles. The highest BCUT2D eigenvalue weighted by molar-refractivity contribution is 5.52. The van der Waals surface area contributed by atoms with E-state index in [1.54, 1.807) is 24.5 Å². The number of hydrogen-bond acceptors (Lipinski definition) is 9. The van der Waals surface area contributed by atoms with Gasteiger partial charge in [0.1, 0.15) is 11.4 Å². The average Bonchev–Trinajstić information content (AvgIpc) is 2.90. The molecule has 0 aromatic carbocycles. The second kappa shape index (κ2) is 15.8. The van der Waals surface area contributed by atoms with Crippen molar-refractivity contribution in [2.24, 2.45) is 0 Å². The Labute approximate surface area is 216 Å². The number of aromatic amines is 1. The second-order valence-corrected chi connectivity index (χ2v) is 8.35. The third-order valence-corrected chi connectivity index (χ3v) is 4.71. The van der Waals surface area contributed by atoms with E-state index in [1.807, 2.05) is 74.4 Å². The molecule has 4 aromatic heterocycles. The smallest absolute Gasteiger partial charge is 0.266 e. The first-order valence-electron chi connectivity index (χ1n) is 11.7. The van der Waals surface area contributed by atoms with Gasteiger partial charge in [0, 0.05) is 37.6 Å². The molecule has 0 radical (unpaired) electrons. The van der Waals surface area contributed by atoms with Crippen LogP contribution in [0.5, 0.6) is 0 Å². The molecular weight excluding hydrogens is 472 g/mol. The third-order valence-electron chi connectivity index (χ3n) is 4.71. The normalized spacial score (nSPS) is 10.4. The van der Waals surface area contributed by atoms with Gasteiger partial charge >= 0.3 is 0 Å². The first-order valence-corrected chi connectivity index (χ1v) is 11.7. The maximum Gasteiger partial charge on any atom is 0.266 e. The summed E-state index contributed by atoms with van der Waals surface area (Å²) in [4.78, 5) is 34.7. The van der Waals surface area contributed by atoms with E-state index in [9.17, 15) is 9.59 Å². The molecule has 0 aliphatic rings. The zero-order chi connectivity index (χ0) is 27.0. The summed E-state index contributed by atoms with van der Waals surface area (Å²) in [6.07, 6.45) is 3.40. The van der Waals surface area contributed by atoms with Crippen molar-refractivity contribution in [2.45, 2.75) is 6.54 Å². The van der Waals surface area contributed by atoms with Gasteiger partial charge in [0.2, 0.25) is 0 Å². The van der Waals surface area contributed by atoms with Crippen molar-refractivity contribution in [1.29, 1.82) is 0 Å². The molecule has 0 saturated carbocycles. The maximum atomic E-state index is 11.7. The van der Waals surface area contributed by atoms with Gasteiger partial charge in [-0.3, -0.25) is 19.6 Å². The molecule has 0 saturated heterocycles. The Balaban J connectivity index is 0.000000221. The van der Waals surface area contributed by atoms with Crippen LogP contribution in [0.3, 0.4) is 0 Å². The lowest BCUT2D eigenvalue weighted by Crippen LogP contribution is -2.28. The molecule has 0 amide bonds. The summed E-state index contributed by atoms with van der Waals surface area (Å²) in [7, 11) is 7.79. The molecular formula is C26H34N8O3. The number of likely N-dealkylation sites (N-methyl/N-ethyl adjacent to an activating group) is 2. The average molecular weight is 507 g/mol. The molecule has 196 valence electrons. The van der Waals surface area contributed by atoms with E-state index in [1.165, 1.54) is 16.8 Å². The van der Waals surface area contributed by atoms with Crippen LogP contribution in [-0.2, 0) is 6.54 Å². The van der Waals surface area contributed by atoms with E-state index in [0.29, 0.717) is 17.9 Å². The fraction of sp³-hybridized carbons (Fsp3) is 0.308. The first kappa shape index (κ1) is 29.2. The quantitative estimate of drug-likeness (QED) is 0.380. The van der Waals surface area contributed by atoms with Crippen LogP contribution < -0.4 is 11.1 Å². The highest BCUT2D eigenvalue weighted by atomic mass is 16.3. The molecule has 2 N–H and O–H groups in total. The van der Waals surface area contributed by atoms with Crippen molar-refractivity contribution in [1.82, 2.24) is 39.7 Å². The summed E-state index contributed by atoms with van der Waals surface area (Å²) in [6, 6.07) is 17.5. The van der Waals surface area contributed by atoms with Crippen molar-refractivity contribution in [3.8, 4) is 22.8 Å². The molecule has 0 fully saturated rings. The van der Waals surface area contributed by atoms with E-state index in [4.69, 9.17) is 5.11 Å². The van der Waals surface area contributed by atoms with Crippen molar-refractivity contribution < 1.29 is 5.11 Å². The van der Waals surface area contributed by atoms with Crippen LogP contribution >= 0.6 is 0 Å². The Bertz CT molecular complexity index is 1270. The lowest BCUT2D eigenvalue weighted by Gasteiger charge is -2.11. The zero-order valence-corrected chi connectivity index (χ0v) is 21.7. The zero-order valence-electron chi connectivity index (χ0n) is 21.7. The van der Waals surface area contributed by atoms with Crippen molar-refractivity contribution in [3.05, 3.63) is 93.8 Å². The lowest BCUT2D eigenvalue weighted by atomic mass is 10.2. The molecule has 37 heavy (non-hydrogen) atoms. The maximum absolute atomic E-state index is 11.7. The lowest BCUT2D eigenvalue weighted by molar-refractivity contribution is 0.243. The summed E-state index contributed by atoms with van der Waals surface area (Å²) in [5, 5.41) is 18.7. The van der Waals surface area contributed by atoms with Crippen LogP contribution in [0.1, 0.15) is 0 Å². The number of rotatable bonds is 7. The van der Waals surface area contributed by atoms with Crippen LogP contribution in [0, 0.1) is 0 Å². The van der Waals surface area contributed by atoms with E-state index in [-0.39, 0.29) is 17.7 Å². The SMILES string of the molecule is CN(C)CCO.CN(C)CCn1nc(-c2ccccn2)ccc1=O.O=c1ccc(-c2ccccn2)n[nH]1. The Morgan fingerprint density at radius 3 is 1.81 bits per heavy atom. The predicted molar refractivity (Wildman–Crippen MR) is 144 cm³/mol. The number of hydrogen-bond donors (Lipinski definition) is 2. The highest BCUT2D eigenvalue weighted by Crippen LogP contribution is 2.10. The third kappa shape index (κ3) is 11.0. The molecule has 4 aromatic rings. The van der Waals surface area contributed by atoms with Crippen LogP contribution in [-0.4, -0.2) is 92.7 Å². The molecule has 0 spiro atoms. The number of H-pyrrole nitrogens is 1. The standard InChI is InChI=1S/C13H16N4O.C9H7N3O.C4H11NO/c1-16(2)9-10-17-13(18)7-6-12(15-17)11-5-3-4-8-14-11;13-9-5-4-8(11-12-9)7-3-1-2-6-10-7;1-5(2)3-4-6/h3-8H,9-10H2,1-2H3;1-6H,(H,12,13);6H,3-4H2,1-2H3. The van der Waals surface area contributed by atoms with Crippen molar-refractivity contribution in [3.63, 3.8) is 0 Å². The summed E-state index contributed by atoms with van der Waals surface area (Å²) in [5.74, 6) is 0. The van der Waals surface area contributed by atoms with Crippen molar-refractivity contribution >= 4 is 0 Å². The molecule has 4 heterocycles. The Hall–Kier alpha value is -4.06. The van der Waals surface area contributed by atoms with Gasteiger partial charge in [-0.1, -0.05) is 12.1 Å². The van der Waals surface area contributed by atoms with E-state index in [0.717, 1.165) is 24.5 Å². The Kier molecular flexibility index (Phi) is 12.5. The molecule has 0 unspecified atom stereocenters. The van der Waals surface area contributed by atoms with E-state index in [2.05, 4.69) is 25.3 Å². The number of nitrogens with one attached hydrogen (secondary N) is 1. The molecule has 0 atom stereocenters. The predicted octanol–water partition coefficient (Wildman–Crippen LogP) is 1.24. The van der Waals surface area contributed by atoms with Crippen LogP contribution in [0.25, 0.3) is 22.8 Å². The van der Waals surface area contributed by atoms with Crippen LogP contribution in [0.2, 0.25) is 0 Å². The minimum atomic E-state index is -0.209. The topological polar surface area (TPSA) is 133 Å². The summed E-state index contributed by atoms with van der Waals surface area (Å²) >= 11 is 0. The van der Waals surface area contributed by atoms with Gasteiger partial charge in [-0.15, -0.1) is 0 Å². The fourth-order valence-electron chi connectivity index (χ4n) is 2.76. The summed E-state index contributed by atoms with van der Waals surface area (Å²) in [6.45, 7) is 2.37. The minimum absolute atomic E-state index is 0.0865. The Morgan fingerprint density at radius 2 is 1.35 bits per heavy atom. The number of aliphatic hydroxyl groups excluding tert-OH is 1. The van der Waals surface area contributed by atoms with Crippen LogP contribution in [0.4, 0.5) is 0 Å². The molecule has 11 heteroatoms. The van der Waals surface area contributed by atoms with Crippen LogP contribution in [0.15, 0.2) is 82.6 Å². The van der Waals surface area contributed by atoms with E-state index >= 15 is 0 Å². The monoisotopic (exact) mass is 506 g/mol. The van der Waals surface area contributed by atoms with Gasteiger partial charge in [-0.05, 0) is 64.6 Å². The highest BCUT2D eigenvalue weighted by Gasteiger charge is 2.04. The number of nitrogens with zero attached hydrogens (tertiary/aromatic N) is 7. The van der Waals surface area contributed by atoms with Gasteiger partial charge in [0.15, 0.2) is 0 Å². The van der Waals surface area contributed by atoms with Gasteiger partial charge in [-0.25, -0.2) is 9.78 Å². The number of aromatic nitrogens is 6. The van der Waals surface area contributed by atoms with E-state index < -0.39 is 0 Å². The molecule has 4 rings (SSSR count). The molecule has 0 bridgehead atoms. The number of aliphatic hydroxyl groups is 1. The molecule has 0 aliphatic heterocycles. The second-order valence-electron chi connectivity index (χ2n) is 8.35. The van der Waals surface area contributed by atoms with Gasteiger partial charge in [0.05, 0.1) is 24.5 Å². The fourth-order valence-corrected chi connectivity index (χ4v) is 2.76. The summed E-state index contributed by atoms with van der Waals surface area (Å²) < 4.78 is 1.48. The number of pyridine rings is 2. The summed E-state index contributed by atoms with van der Waals surface area (Å²) in [5.41, 5.74) is 2.61. The largest absolute Gasteiger partial charge is 0.395 e.